The number of ether oxygens (including phenoxy) is 2. The van der Waals surface area contributed by atoms with E-state index in [4.69, 9.17) is 9.47 Å². The largest absolute Gasteiger partial charge is 0.493 e. The van der Waals surface area contributed by atoms with Gasteiger partial charge in [0.2, 0.25) is 0 Å². The zero-order chi connectivity index (χ0) is 15.1. The van der Waals surface area contributed by atoms with Crippen molar-refractivity contribution in [3.63, 3.8) is 0 Å². The first kappa shape index (κ1) is 15.4. The fourth-order valence-corrected chi connectivity index (χ4v) is 2.29. The lowest BCUT2D eigenvalue weighted by Crippen LogP contribution is -2.13. The van der Waals surface area contributed by atoms with Gasteiger partial charge in [-0.05, 0) is 42.3 Å². The zero-order valence-electron chi connectivity index (χ0n) is 13.1. The van der Waals surface area contributed by atoms with Crippen LogP contribution in [0.2, 0.25) is 0 Å². The Kier molecular flexibility index (Phi) is 5.69. The van der Waals surface area contributed by atoms with Crippen LogP contribution in [0.15, 0.2) is 36.7 Å². The quantitative estimate of drug-likeness (QED) is 0.758. The highest BCUT2D eigenvalue weighted by molar-refractivity contribution is 5.43. The molecule has 1 N–H and O–H groups in total. The summed E-state index contributed by atoms with van der Waals surface area (Å²) in [6.07, 6.45) is 5.45. The van der Waals surface area contributed by atoms with Crippen LogP contribution in [0.3, 0.4) is 0 Å². The summed E-state index contributed by atoms with van der Waals surface area (Å²) in [4.78, 5) is 0. The normalized spacial score (nSPS) is 10.6. The maximum absolute atomic E-state index is 5.34. The van der Waals surface area contributed by atoms with E-state index in [-0.39, 0.29) is 0 Å². The second-order valence-electron chi connectivity index (χ2n) is 5.06. The molecule has 0 unspecified atom stereocenters. The predicted octanol–water partition coefficient (Wildman–Crippen LogP) is 3.05. The smallest absolute Gasteiger partial charge is 0.161 e. The van der Waals surface area contributed by atoms with Crippen LogP contribution >= 0.6 is 0 Å². The predicted molar refractivity (Wildman–Crippen MR) is 85.1 cm³/mol. The molecular formula is C17H24N2O2. The molecule has 1 aromatic heterocycles. The minimum Gasteiger partial charge on any atom is -0.493 e. The molecule has 0 saturated carbocycles. The average molecular weight is 288 g/mol. The van der Waals surface area contributed by atoms with Gasteiger partial charge in [-0.15, -0.1) is 0 Å². The third-order valence-electron chi connectivity index (χ3n) is 3.38. The molecule has 21 heavy (non-hydrogen) atoms. The maximum Gasteiger partial charge on any atom is 0.161 e. The van der Waals surface area contributed by atoms with Crippen molar-refractivity contribution in [1.29, 1.82) is 0 Å². The Balaban J connectivity index is 2.01. The molecule has 4 nitrogen and oxygen atoms in total. The SMILES string of the molecule is CCCNCc1ccn(Cc2ccc(OC)c(OC)c2)c1. The summed E-state index contributed by atoms with van der Waals surface area (Å²) in [5, 5.41) is 3.41. The molecule has 114 valence electrons. The highest BCUT2D eigenvalue weighted by Gasteiger charge is 2.05. The number of aromatic nitrogens is 1. The van der Waals surface area contributed by atoms with Crippen LogP contribution < -0.4 is 14.8 Å². The minimum absolute atomic E-state index is 0.762. The van der Waals surface area contributed by atoms with Gasteiger partial charge < -0.3 is 19.4 Å². The van der Waals surface area contributed by atoms with E-state index >= 15 is 0 Å². The number of rotatable bonds is 8. The van der Waals surface area contributed by atoms with Crippen molar-refractivity contribution in [2.75, 3.05) is 20.8 Å². The van der Waals surface area contributed by atoms with Gasteiger partial charge in [0.15, 0.2) is 11.5 Å². The number of hydrogen-bond acceptors (Lipinski definition) is 3. The number of benzene rings is 1. The molecule has 0 aliphatic heterocycles. The Hall–Kier alpha value is -1.94. The van der Waals surface area contributed by atoms with Gasteiger partial charge in [-0.2, -0.15) is 0 Å². The monoisotopic (exact) mass is 288 g/mol. The number of nitrogens with one attached hydrogen (secondary N) is 1. The minimum atomic E-state index is 0.762. The third-order valence-corrected chi connectivity index (χ3v) is 3.38. The molecule has 0 radical (unpaired) electrons. The van der Waals surface area contributed by atoms with Crippen molar-refractivity contribution < 1.29 is 9.47 Å². The molecule has 0 aliphatic rings. The highest BCUT2D eigenvalue weighted by atomic mass is 16.5. The van der Waals surface area contributed by atoms with Crippen molar-refractivity contribution in [2.24, 2.45) is 0 Å². The average Bonchev–Trinajstić information content (AvgIpc) is 2.95. The molecular weight excluding hydrogens is 264 g/mol. The van der Waals surface area contributed by atoms with Crippen LogP contribution in [-0.2, 0) is 13.1 Å². The molecule has 1 heterocycles. The Labute approximate surface area is 126 Å². The lowest BCUT2D eigenvalue weighted by Gasteiger charge is -2.10. The summed E-state index contributed by atoms with van der Waals surface area (Å²) in [7, 11) is 3.31. The fourth-order valence-electron chi connectivity index (χ4n) is 2.29. The topological polar surface area (TPSA) is 35.4 Å². The summed E-state index contributed by atoms with van der Waals surface area (Å²) < 4.78 is 12.8. The first-order chi connectivity index (χ1) is 10.3. The van der Waals surface area contributed by atoms with E-state index in [1.54, 1.807) is 14.2 Å². The van der Waals surface area contributed by atoms with E-state index in [2.05, 4.69) is 41.3 Å². The molecule has 1 aromatic carbocycles. The molecule has 0 atom stereocenters. The Morgan fingerprint density at radius 3 is 2.57 bits per heavy atom. The van der Waals surface area contributed by atoms with Crippen LogP contribution in [0.1, 0.15) is 24.5 Å². The zero-order valence-corrected chi connectivity index (χ0v) is 13.1. The van der Waals surface area contributed by atoms with Crippen molar-refractivity contribution in [1.82, 2.24) is 9.88 Å². The van der Waals surface area contributed by atoms with E-state index in [1.165, 1.54) is 11.1 Å². The molecule has 0 amide bonds. The standard InChI is InChI=1S/C17H24N2O2/c1-4-8-18-11-15-7-9-19(13-15)12-14-5-6-16(20-2)17(10-14)21-3/h5-7,9-10,13,18H,4,8,11-12H2,1-3H3. The van der Waals surface area contributed by atoms with E-state index < -0.39 is 0 Å². The van der Waals surface area contributed by atoms with Gasteiger partial charge in [0.05, 0.1) is 14.2 Å². The molecule has 0 bridgehead atoms. The summed E-state index contributed by atoms with van der Waals surface area (Å²) in [6.45, 7) is 4.98. The molecule has 2 rings (SSSR count). The van der Waals surface area contributed by atoms with Crippen LogP contribution in [0.25, 0.3) is 0 Å². The molecule has 4 heteroatoms. The third kappa shape index (κ3) is 4.26. The second-order valence-corrected chi connectivity index (χ2v) is 5.06. The van der Waals surface area contributed by atoms with Crippen LogP contribution in [-0.4, -0.2) is 25.3 Å². The number of nitrogens with zero attached hydrogens (tertiary/aromatic N) is 1. The Bertz CT molecular complexity index is 564. The van der Waals surface area contributed by atoms with Crippen molar-refractivity contribution >= 4 is 0 Å². The fraction of sp³-hybridized carbons (Fsp3) is 0.412. The van der Waals surface area contributed by atoms with Gasteiger partial charge in [0.25, 0.3) is 0 Å². The highest BCUT2D eigenvalue weighted by Crippen LogP contribution is 2.27. The first-order valence-corrected chi connectivity index (χ1v) is 7.33. The number of hydrogen-bond donors (Lipinski definition) is 1. The van der Waals surface area contributed by atoms with Crippen LogP contribution in [0, 0.1) is 0 Å². The summed E-state index contributed by atoms with van der Waals surface area (Å²) in [6, 6.07) is 8.19. The molecule has 2 aromatic rings. The van der Waals surface area contributed by atoms with Crippen LogP contribution in [0.4, 0.5) is 0 Å². The van der Waals surface area contributed by atoms with Crippen molar-refractivity contribution in [3.05, 3.63) is 47.8 Å². The van der Waals surface area contributed by atoms with E-state index in [9.17, 15) is 0 Å². The Morgan fingerprint density at radius 2 is 1.86 bits per heavy atom. The van der Waals surface area contributed by atoms with Crippen molar-refractivity contribution in [3.8, 4) is 11.5 Å². The van der Waals surface area contributed by atoms with E-state index in [0.29, 0.717) is 0 Å². The lowest BCUT2D eigenvalue weighted by atomic mass is 10.2. The second kappa shape index (κ2) is 7.74. The molecule has 0 saturated heterocycles. The van der Waals surface area contributed by atoms with Gasteiger partial charge in [-0.25, -0.2) is 0 Å². The molecule has 0 aliphatic carbocycles. The summed E-state index contributed by atoms with van der Waals surface area (Å²) >= 11 is 0. The van der Waals surface area contributed by atoms with E-state index in [0.717, 1.165) is 37.6 Å². The molecule has 0 spiro atoms. The first-order valence-electron chi connectivity index (χ1n) is 7.33. The number of methoxy groups -OCH3 is 2. The van der Waals surface area contributed by atoms with Crippen molar-refractivity contribution in [2.45, 2.75) is 26.4 Å². The summed E-state index contributed by atoms with van der Waals surface area (Å²) in [5.74, 6) is 1.53. The van der Waals surface area contributed by atoms with Gasteiger partial charge >= 0.3 is 0 Å². The maximum atomic E-state index is 5.34. The van der Waals surface area contributed by atoms with Gasteiger partial charge in [0.1, 0.15) is 0 Å². The Morgan fingerprint density at radius 1 is 1.05 bits per heavy atom. The molecule has 0 fully saturated rings. The van der Waals surface area contributed by atoms with Gasteiger partial charge in [-0.1, -0.05) is 13.0 Å². The van der Waals surface area contributed by atoms with Gasteiger partial charge in [-0.3, -0.25) is 0 Å². The van der Waals surface area contributed by atoms with Crippen LogP contribution in [0.5, 0.6) is 11.5 Å². The summed E-state index contributed by atoms with van der Waals surface area (Å²) in [5.41, 5.74) is 2.50. The van der Waals surface area contributed by atoms with E-state index in [1.807, 2.05) is 12.1 Å². The van der Waals surface area contributed by atoms with Gasteiger partial charge in [0, 0.05) is 25.5 Å². The lowest BCUT2D eigenvalue weighted by molar-refractivity contribution is 0.354.